The Morgan fingerprint density at radius 1 is 0.909 bits per heavy atom. The van der Waals surface area contributed by atoms with Crippen LogP contribution in [0.2, 0.25) is 0 Å². The van der Waals surface area contributed by atoms with E-state index in [0.717, 1.165) is 27.8 Å². The van der Waals surface area contributed by atoms with Crippen molar-refractivity contribution >= 4 is 27.0 Å². The molecule has 1 aliphatic rings. The van der Waals surface area contributed by atoms with Gasteiger partial charge in [0.25, 0.3) is 0 Å². The summed E-state index contributed by atoms with van der Waals surface area (Å²) in [6.07, 6.45) is 0. The van der Waals surface area contributed by atoms with E-state index in [1.54, 1.807) is 11.9 Å². The number of sulfonamides is 1. The van der Waals surface area contributed by atoms with Crippen molar-refractivity contribution in [3.05, 3.63) is 63.1 Å². The van der Waals surface area contributed by atoms with Gasteiger partial charge in [-0.15, -0.1) is 0 Å². The van der Waals surface area contributed by atoms with Crippen molar-refractivity contribution in [1.29, 1.82) is 0 Å². The first kappa shape index (κ1) is 23.3. The summed E-state index contributed by atoms with van der Waals surface area (Å²) in [5, 5.41) is 0. The summed E-state index contributed by atoms with van der Waals surface area (Å²) in [6.45, 7) is 8.50. The van der Waals surface area contributed by atoms with Crippen LogP contribution in [-0.4, -0.2) is 58.8 Å². The fourth-order valence-corrected chi connectivity index (χ4v) is 6.62. The van der Waals surface area contributed by atoms with E-state index in [-0.39, 0.29) is 31.2 Å². The summed E-state index contributed by atoms with van der Waals surface area (Å²) in [5.41, 5.74) is 4.67. The molecule has 1 aromatic heterocycles. The van der Waals surface area contributed by atoms with E-state index < -0.39 is 10.0 Å². The maximum atomic E-state index is 13.5. The predicted molar refractivity (Wildman–Crippen MR) is 128 cm³/mol. The Morgan fingerprint density at radius 3 is 2.03 bits per heavy atom. The molecule has 1 amide bonds. The molecule has 0 bridgehead atoms. The molecule has 0 radical (unpaired) electrons. The lowest BCUT2D eigenvalue weighted by atomic mass is 10.0. The summed E-state index contributed by atoms with van der Waals surface area (Å²) < 4.78 is 31.4. The van der Waals surface area contributed by atoms with E-state index in [1.165, 1.54) is 13.4 Å². The van der Waals surface area contributed by atoms with Crippen LogP contribution in [0.25, 0.3) is 11.0 Å². The summed E-state index contributed by atoms with van der Waals surface area (Å²) in [4.78, 5) is 27.6. The molecule has 2 aromatic carbocycles. The van der Waals surface area contributed by atoms with Crippen molar-refractivity contribution in [3.63, 3.8) is 0 Å². The molecule has 0 atom stereocenters. The van der Waals surface area contributed by atoms with Gasteiger partial charge in [-0.3, -0.25) is 13.9 Å². The molecule has 1 aliphatic heterocycles. The van der Waals surface area contributed by atoms with Gasteiger partial charge in [-0.05, 0) is 62.1 Å². The smallest absolute Gasteiger partial charge is 0.329 e. The molecule has 9 heteroatoms. The van der Waals surface area contributed by atoms with Gasteiger partial charge in [-0.1, -0.05) is 18.2 Å². The highest BCUT2D eigenvalue weighted by Gasteiger charge is 2.33. The van der Waals surface area contributed by atoms with Gasteiger partial charge in [0.1, 0.15) is 6.54 Å². The number of fused-ring (bicyclic) bond motifs is 1. The SMILES string of the molecule is Cc1cc(C)c(C)c(S(=O)(=O)N2CCN(C(=O)Cn3c(=O)n(C)c4ccccc43)CC2)c1C. The first-order valence-corrected chi connectivity index (χ1v) is 12.5. The minimum Gasteiger partial charge on any atom is -0.338 e. The monoisotopic (exact) mass is 470 g/mol. The van der Waals surface area contributed by atoms with Gasteiger partial charge >= 0.3 is 5.69 Å². The standard InChI is InChI=1S/C24H30N4O4S/c1-16-14-17(2)19(4)23(18(16)3)33(31,32)27-12-10-26(11-13-27)22(29)15-28-21-9-7-6-8-20(21)25(5)24(28)30/h6-9,14H,10-13,15H2,1-5H3. The van der Waals surface area contributed by atoms with Crippen LogP contribution < -0.4 is 5.69 Å². The zero-order valence-corrected chi connectivity index (χ0v) is 20.6. The van der Waals surface area contributed by atoms with Crippen LogP contribution in [0.15, 0.2) is 40.0 Å². The predicted octanol–water partition coefficient (Wildman–Crippen LogP) is 2.11. The molecule has 1 fully saturated rings. The van der Waals surface area contributed by atoms with Crippen molar-refractivity contribution in [2.75, 3.05) is 26.2 Å². The zero-order chi connectivity index (χ0) is 24.1. The Hall–Kier alpha value is -2.91. The van der Waals surface area contributed by atoms with Crippen LogP contribution in [0.5, 0.6) is 0 Å². The number of para-hydroxylation sites is 2. The Bertz CT molecular complexity index is 1380. The number of aromatic nitrogens is 2. The third kappa shape index (κ3) is 3.89. The molecule has 0 saturated carbocycles. The third-order valence-electron chi connectivity index (χ3n) is 6.83. The van der Waals surface area contributed by atoms with Gasteiger partial charge in [0.05, 0.1) is 15.9 Å². The Balaban J connectivity index is 1.52. The molecule has 0 aliphatic carbocycles. The number of nitrogens with zero attached hydrogens (tertiary/aromatic N) is 4. The van der Waals surface area contributed by atoms with Crippen LogP contribution in [0.1, 0.15) is 22.3 Å². The lowest BCUT2D eigenvalue weighted by Crippen LogP contribution is -2.51. The number of piperazine rings is 1. The fourth-order valence-electron chi connectivity index (χ4n) is 4.63. The molecule has 0 N–H and O–H groups in total. The van der Waals surface area contributed by atoms with Crippen LogP contribution in [0, 0.1) is 27.7 Å². The zero-order valence-electron chi connectivity index (χ0n) is 19.8. The minimum absolute atomic E-state index is 0.0672. The second-order valence-corrected chi connectivity index (χ2v) is 10.7. The average Bonchev–Trinajstić information content (AvgIpc) is 3.03. The minimum atomic E-state index is -3.67. The van der Waals surface area contributed by atoms with Crippen molar-refractivity contribution in [3.8, 4) is 0 Å². The van der Waals surface area contributed by atoms with Crippen molar-refractivity contribution < 1.29 is 13.2 Å². The second-order valence-electron chi connectivity index (χ2n) is 8.79. The Kier molecular flexibility index (Phi) is 5.96. The van der Waals surface area contributed by atoms with E-state index in [9.17, 15) is 18.0 Å². The Labute approximate surface area is 194 Å². The van der Waals surface area contributed by atoms with E-state index in [1.807, 2.05) is 58.0 Å². The molecule has 176 valence electrons. The van der Waals surface area contributed by atoms with Gasteiger partial charge < -0.3 is 4.90 Å². The van der Waals surface area contributed by atoms with E-state index in [2.05, 4.69) is 0 Å². The number of aryl methyl sites for hydroxylation is 3. The normalized spacial score (nSPS) is 15.4. The summed E-state index contributed by atoms with van der Waals surface area (Å²) in [5.74, 6) is -0.190. The number of hydrogen-bond donors (Lipinski definition) is 0. The summed E-state index contributed by atoms with van der Waals surface area (Å²) >= 11 is 0. The van der Waals surface area contributed by atoms with Crippen LogP contribution in [0.4, 0.5) is 0 Å². The molecule has 0 unspecified atom stereocenters. The summed E-state index contributed by atoms with van der Waals surface area (Å²) in [6, 6.07) is 9.37. The average molecular weight is 471 g/mol. The van der Waals surface area contributed by atoms with Crippen molar-refractivity contribution in [2.24, 2.45) is 7.05 Å². The van der Waals surface area contributed by atoms with Gasteiger partial charge in [-0.25, -0.2) is 13.2 Å². The molecule has 3 aromatic rings. The highest BCUT2D eigenvalue weighted by atomic mass is 32.2. The second kappa shape index (κ2) is 8.46. The van der Waals surface area contributed by atoms with Crippen LogP contribution in [-0.2, 0) is 28.4 Å². The highest BCUT2D eigenvalue weighted by Crippen LogP contribution is 2.29. The maximum absolute atomic E-state index is 13.5. The molecule has 8 nitrogen and oxygen atoms in total. The van der Waals surface area contributed by atoms with Crippen LogP contribution in [0.3, 0.4) is 0 Å². The van der Waals surface area contributed by atoms with Crippen molar-refractivity contribution in [1.82, 2.24) is 18.3 Å². The lowest BCUT2D eigenvalue weighted by molar-refractivity contribution is -0.133. The summed E-state index contributed by atoms with van der Waals surface area (Å²) in [7, 11) is -1.98. The number of carbonyl (C=O) groups is 1. The van der Waals surface area contributed by atoms with E-state index >= 15 is 0 Å². The largest absolute Gasteiger partial charge is 0.338 e. The van der Waals surface area contributed by atoms with Gasteiger partial charge in [0, 0.05) is 33.2 Å². The van der Waals surface area contributed by atoms with Gasteiger partial charge in [-0.2, -0.15) is 4.31 Å². The lowest BCUT2D eigenvalue weighted by Gasteiger charge is -2.35. The third-order valence-corrected chi connectivity index (χ3v) is 9.00. The molecular formula is C24H30N4O4S. The highest BCUT2D eigenvalue weighted by molar-refractivity contribution is 7.89. The fraction of sp³-hybridized carbons (Fsp3) is 0.417. The first-order chi connectivity index (χ1) is 15.5. The number of benzene rings is 2. The Morgan fingerprint density at radius 2 is 1.45 bits per heavy atom. The number of hydrogen-bond acceptors (Lipinski definition) is 4. The van der Waals surface area contributed by atoms with Gasteiger partial charge in [0.15, 0.2) is 0 Å². The first-order valence-electron chi connectivity index (χ1n) is 11.0. The molecule has 33 heavy (non-hydrogen) atoms. The number of rotatable bonds is 4. The number of imidazole rings is 1. The van der Waals surface area contributed by atoms with Crippen molar-refractivity contribution in [2.45, 2.75) is 39.1 Å². The topological polar surface area (TPSA) is 84.6 Å². The molecular weight excluding hydrogens is 440 g/mol. The maximum Gasteiger partial charge on any atom is 0.329 e. The molecule has 1 saturated heterocycles. The quantitative estimate of drug-likeness (QED) is 0.585. The van der Waals surface area contributed by atoms with E-state index in [0.29, 0.717) is 23.5 Å². The van der Waals surface area contributed by atoms with E-state index in [4.69, 9.17) is 0 Å². The van der Waals surface area contributed by atoms with Crippen LogP contribution >= 0.6 is 0 Å². The number of amides is 1. The molecule has 4 rings (SSSR count). The van der Waals surface area contributed by atoms with Gasteiger partial charge in [0.2, 0.25) is 15.9 Å². The molecule has 0 spiro atoms. The number of carbonyl (C=O) groups excluding carboxylic acids is 1. The molecule has 2 heterocycles.